The van der Waals surface area contributed by atoms with Crippen LogP contribution in [-0.4, -0.2) is 62.5 Å². The van der Waals surface area contributed by atoms with Gasteiger partial charge in [0.1, 0.15) is 5.75 Å². The maximum absolute atomic E-state index is 12.7. The zero-order chi connectivity index (χ0) is 22.6. The number of nitrogens with one attached hydrogen (secondary N) is 1. The molecule has 168 valence electrons. The van der Waals surface area contributed by atoms with Crippen molar-refractivity contribution in [3.05, 3.63) is 72.6 Å². The van der Waals surface area contributed by atoms with Gasteiger partial charge in [-0.1, -0.05) is 0 Å². The molecule has 1 N–H and O–H groups in total. The number of carbonyl (C=O) groups is 1. The molecule has 1 amide bonds. The molecule has 32 heavy (non-hydrogen) atoms. The summed E-state index contributed by atoms with van der Waals surface area (Å²) in [5, 5.41) is 0. The minimum atomic E-state index is -3.77. The minimum Gasteiger partial charge on any atom is -0.497 e. The molecule has 0 aliphatic carbocycles. The van der Waals surface area contributed by atoms with Gasteiger partial charge in [-0.25, -0.2) is 23.1 Å². The first kappa shape index (κ1) is 21.6. The lowest BCUT2D eigenvalue weighted by Gasteiger charge is -2.36. The second-order valence-corrected chi connectivity index (χ2v) is 8.86. The summed E-state index contributed by atoms with van der Waals surface area (Å²) in [5.41, 5.74) is 1.53. The van der Waals surface area contributed by atoms with Crippen molar-refractivity contribution in [2.75, 3.05) is 42.9 Å². The van der Waals surface area contributed by atoms with Crippen LogP contribution in [0.4, 0.5) is 11.6 Å². The molecule has 0 unspecified atom stereocenters. The highest BCUT2D eigenvalue weighted by molar-refractivity contribution is 7.92. The molecule has 2 heterocycles. The van der Waals surface area contributed by atoms with Gasteiger partial charge in [-0.15, -0.1) is 0 Å². The topological polar surface area (TPSA) is 105 Å². The van der Waals surface area contributed by atoms with E-state index in [-0.39, 0.29) is 18.2 Å². The summed E-state index contributed by atoms with van der Waals surface area (Å²) < 4.78 is 32.5. The van der Waals surface area contributed by atoms with Gasteiger partial charge >= 0.3 is 0 Å². The number of piperazine rings is 1. The van der Waals surface area contributed by atoms with Gasteiger partial charge in [0.25, 0.3) is 15.9 Å². The molecule has 0 radical (unpaired) electrons. The van der Waals surface area contributed by atoms with Gasteiger partial charge in [0.15, 0.2) is 0 Å². The number of ether oxygens (including phenoxy) is 1. The summed E-state index contributed by atoms with van der Waals surface area (Å²) in [6.45, 7) is 2.48. The second kappa shape index (κ2) is 9.23. The van der Waals surface area contributed by atoms with Gasteiger partial charge in [-0.2, -0.15) is 0 Å². The first-order chi connectivity index (χ1) is 15.5. The Kier molecular flexibility index (Phi) is 6.22. The van der Waals surface area contributed by atoms with Gasteiger partial charge in [0.05, 0.1) is 12.0 Å². The van der Waals surface area contributed by atoms with Crippen LogP contribution in [0, 0.1) is 0 Å². The molecule has 1 aliphatic heterocycles. The van der Waals surface area contributed by atoms with Crippen LogP contribution in [0.1, 0.15) is 11.8 Å². The number of hydrogen-bond acceptors (Lipinski definition) is 7. The zero-order valence-electron chi connectivity index (χ0n) is 17.5. The Morgan fingerprint density at radius 3 is 2.19 bits per heavy atom. The third kappa shape index (κ3) is 4.80. The molecule has 9 nitrogen and oxygen atoms in total. The molecule has 1 aliphatic rings. The Morgan fingerprint density at radius 2 is 1.59 bits per heavy atom. The molecule has 2 aromatic carbocycles. The number of sulfonamides is 1. The van der Waals surface area contributed by atoms with Gasteiger partial charge in [0, 0.05) is 51.3 Å². The van der Waals surface area contributed by atoms with Crippen molar-refractivity contribution < 1.29 is 19.4 Å². The fourth-order valence-electron chi connectivity index (χ4n) is 3.45. The number of amides is 1. The predicted octanol–water partition coefficient (Wildman–Crippen LogP) is 2.49. The highest BCUT2D eigenvalue weighted by atomic mass is 32.2. The lowest BCUT2D eigenvalue weighted by atomic mass is 10.1. The number of carbonyl (C=O) groups excluding carboxylic acids is 1. The summed E-state index contributed by atoms with van der Waals surface area (Å²) in [4.78, 5) is 24.6. The van der Waals surface area contributed by atoms with E-state index >= 15 is 0 Å². The Bertz CT molecular complexity index is 1170. The lowest BCUT2D eigenvalue weighted by molar-refractivity contribution is 0.0746. The van der Waals surface area contributed by atoms with Crippen molar-refractivity contribution in [2.24, 2.45) is 0 Å². The van der Waals surface area contributed by atoms with Crippen LogP contribution in [0.3, 0.4) is 0 Å². The highest BCUT2D eigenvalue weighted by Crippen LogP contribution is 2.21. The third-order valence-corrected chi connectivity index (χ3v) is 6.55. The first-order valence-corrected chi connectivity index (χ1v) is 11.5. The van der Waals surface area contributed by atoms with Gasteiger partial charge in [0.2, 0.25) is 5.95 Å². The first-order valence-electron chi connectivity index (χ1n) is 10.0. The van der Waals surface area contributed by atoms with Crippen molar-refractivity contribution in [3.63, 3.8) is 0 Å². The molecular weight excluding hydrogens is 430 g/mol. The van der Waals surface area contributed by atoms with Crippen LogP contribution in [0.2, 0.25) is 0 Å². The van der Waals surface area contributed by atoms with Crippen LogP contribution in [0.15, 0.2) is 71.9 Å². The molecular formula is C22H25N5O4S. The molecule has 1 aromatic heterocycles. The van der Waals surface area contributed by atoms with Crippen molar-refractivity contribution in [2.45, 2.75) is 4.90 Å². The minimum absolute atomic E-state index is 0. The molecule has 0 atom stereocenters. The number of methoxy groups -OCH3 is 1. The van der Waals surface area contributed by atoms with Crippen molar-refractivity contribution >= 4 is 27.6 Å². The van der Waals surface area contributed by atoms with E-state index in [1.54, 1.807) is 61.7 Å². The van der Waals surface area contributed by atoms with Crippen LogP contribution >= 0.6 is 0 Å². The summed E-state index contributed by atoms with van der Waals surface area (Å²) in [7, 11) is -2.18. The summed E-state index contributed by atoms with van der Waals surface area (Å²) in [6, 6.07) is 15.3. The molecule has 0 saturated carbocycles. The van der Waals surface area contributed by atoms with Gasteiger partial charge < -0.3 is 14.5 Å². The number of hydrogen-bond donors (Lipinski definition) is 1. The molecule has 1 fully saturated rings. The lowest BCUT2D eigenvalue weighted by Crippen LogP contribution is -2.48. The maximum Gasteiger partial charge on any atom is 0.264 e. The number of rotatable bonds is 6. The number of aromatic nitrogens is 2. The summed E-state index contributed by atoms with van der Waals surface area (Å²) in [5.74, 6) is 0.723. The van der Waals surface area contributed by atoms with E-state index in [9.17, 15) is 13.2 Å². The van der Waals surface area contributed by atoms with Crippen molar-refractivity contribution in [1.29, 1.82) is 0 Å². The van der Waals surface area contributed by atoms with E-state index in [1.807, 2.05) is 4.90 Å². The van der Waals surface area contributed by atoms with E-state index in [4.69, 9.17) is 4.74 Å². The average Bonchev–Trinajstić information content (AvgIpc) is 2.84. The largest absolute Gasteiger partial charge is 0.497 e. The molecule has 0 spiro atoms. The SMILES string of the molecule is COc1ccc(C(=O)N2CCN(c3ccc(S(=O)(=O)Nc4ncccn4)cc3)CC2)cc1.[HH]. The number of nitrogens with zero attached hydrogens (tertiary/aromatic N) is 4. The van der Waals surface area contributed by atoms with Crippen LogP contribution in [0.25, 0.3) is 0 Å². The predicted molar refractivity (Wildman–Crippen MR) is 123 cm³/mol. The van der Waals surface area contributed by atoms with Crippen molar-refractivity contribution in [1.82, 2.24) is 14.9 Å². The van der Waals surface area contributed by atoms with Crippen LogP contribution in [0.5, 0.6) is 5.75 Å². The Hall–Kier alpha value is -3.66. The molecule has 4 rings (SSSR count). The molecule has 3 aromatic rings. The smallest absolute Gasteiger partial charge is 0.264 e. The maximum atomic E-state index is 12.7. The molecule has 10 heteroatoms. The van der Waals surface area contributed by atoms with E-state index in [1.165, 1.54) is 12.4 Å². The molecule has 0 bridgehead atoms. The summed E-state index contributed by atoms with van der Waals surface area (Å²) in [6.07, 6.45) is 2.93. The Balaban J connectivity index is 0.00000306. The van der Waals surface area contributed by atoms with Crippen LogP contribution in [-0.2, 0) is 10.0 Å². The normalized spacial score (nSPS) is 14.2. The number of anilines is 2. The Morgan fingerprint density at radius 1 is 0.969 bits per heavy atom. The average molecular weight is 456 g/mol. The fourth-order valence-corrected chi connectivity index (χ4v) is 4.41. The Labute approximate surface area is 188 Å². The third-order valence-electron chi connectivity index (χ3n) is 5.21. The quantitative estimate of drug-likeness (QED) is 0.609. The zero-order valence-corrected chi connectivity index (χ0v) is 18.3. The molecule has 1 saturated heterocycles. The summed E-state index contributed by atoms with van der Waals surface area (Å²) >= 11 is 0. The number of benzene rings is 2. The van der Waals surface area contributed by atoms with Gasteiger partial charge in [-0.05, 0) is 54.6 Å². The van der Waals surface area contributed by atoms with E-state index < -0.39 is 10.0 Å². The van der Waals surface area contributed by atoms with E-state index in [2.05, 4.69) is 19.6 Å². The standard InChI is InChI=1S/C22H23N5O4S.H2/c1-31-19-7-3-17(4-8-19)21(28)27-15-13-26(14-16-27)18-5-9-20(10-6-18)32(29,30)25-22-23-11-2-12-24-22;/h2-12H,13-16H2,1H3,(H,23,24,25);1H. The van der Waals surface area contributed by atoms with Crippen molar-refractivity contribution in [3.8, 4) is 5.75 Å². The van der Waals surface area contributed by atoms with E-state index in [0.29, 0.717) is 37.5 Å². The van der Waals surface area contributed by atoms with Gasteiger partial charge in [-0.3, -0.25) is 4.79 Å². The fraction of sp³-hybridized carbons (Fsp3) is 0.227. The highest BCUT2D eigenvalue weighted by Gasteiger charge is 2.23. The van der Waals surface area contributed by atoms with Crippen LogP contribution < -0.4 is 14.4 Å². The second-order valence-electron chi connectivity index (χ2n) is 7.18. The monoisotopic (exact) mass is 455 g/mol. The van der Waals surface area contributed by atoms with E-state index in [0.717, 1.165) is 5.69 Å².